The Kier molecular flexibility index (Phi) is 5.40. The summed E-state index contributed by atoms with van der Waals surface area (Å²) in [6.07, 6.45) is 0.299. The van der Waals surface area contributed by atoms with Gasteiger partial charge in [-0.2, -0.15) is 0 Å². The second-order valence-electron chi connectivity index (χ2n) is 7.08. The largest absolute Gasteiger partial charge is 0.338 e. The topological polar surface area (TPSA) is 40.6 Å². The normalized spacial score (nSPS) is 16.8. The molecule has 0 spiro atoms. The number of carbonyl (C=O) groups excluding carboxylic acids is 2. The zero-order valence-corrected chi connectivity index (χ0v) is 15.7. The molecule has 1 aliphatic heterocycles. The first-order valence-electron chi connectivity index (χ1n) is 9.19. The second kappa shape index (κ2) is 7.73. The summed E-state index contributed by atoms with van der Waals surface area (Å²) in [5.41, 5.74) is 4.33. The molecule has 0 aliphatic carbocycles. The van der Waals surface area contributed by atoms with Crippen LogP contribution in [0.2, 0.25) is 0 Å². The summed E-state index contributed by atoms with van der Waals surface area (Å²) in [5, 5.41) is 0. The molecule has 2 amide bonds. The predicted molar refractivity (Wildman–Crippen MR) is 104 cm³/mol. The zero-order chi connectivity index (χ0) is 18.7. The Hall–Kier alpha value is -2.62. The smallest absolute Gasteiger partial charge is 0.232 e. The fourth-order valence-electron chi connectivity index (χ4n) is 3.49. The molecule has 0 N–H and O–H groups in total. The van der Waals surface area contributed by atoms with Crippen LogP contribution in [-0.2, 0) is 16.1 Å². The van der Waals surface area contributed by atoms with Gasteiger partial charge in [-0.3, -0.25) is 9.59 Å². The maximum Gasteiger partial charge on any atom is 0.232 e. The average Bonchev–Trinajstić information content (AvgIpc) is 2.98. The Morgan fingerprint density at radius 2 is 1.85 bits per heavy atom. The van der Waals surface area contributed by atoms with Crippen LogP contribution in [0.4, 0.5) is 5.69 Å². The van der Waals surface area contributed by atoms with Crippen molar-refractivity contribution in [2.45, 2.75) is 33.7 Å². The fourth-order valence-corrected chi connectivity index (χ4v) is 3.49. The minimum absolute atomic E-state index is 0.0397. The highest BCUT2D eigenvalue weighted by Gasteiger charge is 2.36. The number of aryl methyl sites for hydroxylation is 2. The van der Waals surface area contributed by atoms with Gasteiger partial charge in [-0.15, -0.1) is 0 Å². The molecule has 4 heteroatoms. The fraction of sp³-hybridized carbons (Fsp3) is 0.364. The molecule has 0 saturated carbocycles. The Bertz CT molecular complexity index is 798. The van der Waals surface area contributed by atoms with Gasteiger partial charge in [0.25, 0.3) is 0 Å². The SMILES string of the molecule is CCN(C(=O)C1CC(=O)N(Cc2ccc(C)cc2)C1)c1cccc(C)c1. The Morgan fingerprint density at radius 1 is 1.12 bits per heavy atom. The summed E-state index contributed by atoms with van der Waals surface area (Å²) < 4.78 is 0. The van der Waals surface area contributed by atoms with Crippen molar-refractivity contribution in [3.63, 3.8) is 0 Å². The van der Waals surface area contributed by atoms with Crippen LogP contribution < -0.4 is 4.90 Å². The van der Waals surface area contributed by atoms with E-state index in [1.807, 2.05) is 57.2 Å². The zero-order valence-electron chi connectivity index (χ0n) is 15.7. The maximum absolute atomic E-state index is 13.0. The Balaban J connectivity index is 1.70. The number of benzene rings is 2. The third-order valence-electron chi connectivity index (χ3n) is 4.95. The lowest BCUT2D eigenvalue weighted by molar-refractivity contribution is -0.128. The molecule has 0 radical (unpaired) electrons. The molecule has 1 unspecified atom stereocenters. The minimum atomic E-state index is -0.270. The number of carbonyl (C=O) groups is 2. The standard InChI is InChI=1S/C22H26N2O2/c1-4-24(20-7-5-6-17(3)12-20)22(26)19-13-21(25)23(15-19)14-18-10-8-16(2)9-11-18/h5-12,19H,4,13-15H2,1-3H3. The van der Waals surface area contributed by atoms with Gasteiger partial charge in [0.15, 0.2) is 0 Å². The number of likely N-dealkylation sites (tertiary alicyclic amines) is 1. The highest BCUT2D eigenvalue weighted by molar-refractivity contribution is 5.99. The third-order valence-corrected chi connectivity index (χ3v) is 4.95. The van der Waals surface area contributed by atoms with E-state index in [-0.39, 0.29) is 17.7 Å². The van der Waals surface area contributed by atoms with Crippen molar-refractivity contribution in [2.75, 3.05) is 18.0 Å². The van der Waals surface area contributed by atoms with Crippen LogP contribution in [0.1, 0.15) is 30.0 Å². The van der Waals surface area contributed by atoms with Crippen molar-refractivity contribution in [3.05, 3.63) is 65.2 Å². The van der Waals surface area contributed by atoms with Gasteiger partial charge in [0.05, 0.1) is 5.92 Å². The summed E-state index contributed by atoms with van der Waals surface area (Å²) in [5.74, 6) is -0.171. The van der Waals surface area contributed by atoms with E-state index in [9.17, 15) is 9.59 Å². The number of hydrogen-bond acceptors (Lipinski definition) is 2. The maximum atomic E-state index is 13.0. The van der Waals surface area contributed by atoms with Crippen LogP contribution in [-0.4, -0.2) is 29.8 Å². The lowest BCUT2D eigenvalue weighted by Gasteiger charge is -2.25. The lowest BCUT2D eigenvalue weighted by Crippen LogP contribution is -2.37. The Labute approximate surface area is 155 Å². The predicted octanol–water partition coefficient (Wildman–Crippen LogP) is 3.71. The molecule has 2 aromatic carbocycles. The molecular formula is C22H26N2O2. The van der Waals surface area contributed by atoms with Gasteiger partial charge in [0.1, 0.15) is 0 Å². The van der Waals surface area contributed by atoms with Crippen LogP contribution in [0.3, 0.4) is 0 Å². The molecule has 1 saturated heterocycles. The highest BCUT2D eigenvalue weighted by atomic mass is 16.2. The van der Waals surface area contributed by atoms with Crippen molar-refractivity contribution >= 4 is 17.5 Å². The molecule has 1 fully saturated rings. The van der Waals surface area contributed by atoms with Crippen LogP contribution in [0, 0.1) is 19.8 Å². The van der Waals surface area contributed by atoms with Gasteiger partial charge in [-0.1, -0.05) is 42.0 Å². The number of rotatable bonds is 5. The van der Waals surface area contributed by atoms with Gasteiger partial charge in [-0.25, -0.2) is 0 Å². The number of hydrogen-bond donors (Lipinski definition) is 0. The third kappa shape index (κ3) is 3.96. The first-order valence-corrected chi connectivity index (χ1v) is 9.19. The lowest BCUT2D eigenvalue weighted by atomic mass is 10.1. The van der Waals surface area contributed by atoms with E-state index < -0.39 is 0 Å². The average molecular weight is 350 g/mol. The molecule has 0 bridgehead atoms. The van der Waals surface area contributed by atoms with Gasteiger partial charge in [0.2, 0.25) is 11.8 Å². The molecule has 1 aliphatic rings. The van der Waals surface area contributed by atoms with Crippen molar-refractivity contribution in [1.82, 2.24) is 4.90 Å². The molecule has 1 heterocycles. The molecule has 2 aromatic rings. The summed E-state index contributed by atoms with van der Waals surface area (Å²) in [6, 6.07) is 16.1. The summed E-state index contributed by atoms with van der Waals surface area (Å²) in [4.78, 5) is 29.0. The molecule has 26 heavy (non-hydrogen) atoms. The van der Waals surface area contributed by atoms with Gasteiger partial charge >= 0.3 is 0 Å². The monoisotopic (exact) mass is 350 g/mol. The first kappa shape index (κ1) is 18.2. The van der Waals surface area contributed by atoms with E-state index in [0.29, 0.717) is 26.1 Å². The van der Waals surface area contributed by atoms with Crippen LogP contribution >= 0.6 is 0 Å². The van der Waals surface area contributed by atoms with E-state index in [4.69, 9.17) is 0 Å². The summed E-state index contributed by atoms with van der Waals surface area (Å²) >= 11 is 0. The molecular weight excluding hydrogens is 324 g/mol. The molecule has 1 atom stereocenters. The van der Waals surface area contributed by atoms with Crippen molar-refractivity contribution in [3.8, 4) is 0 Å². The van der Waals surface area contributed by atoms with E-state index in [1.165, 1.54) is 5.56 Å². The minimum Gasteiger partial charge on any atom is -0.338 e. The van der Waals surface area contributed by atoms with E-state index in [0.717, 1.165) is 16.8 Å². The van der Waals surface area contributed by atoms with Gasteiger partial charge in [-0.05, 0) is 44.0 Å². The highest BCUT2D eigenvalue weighted by Crippen LogP contribution is 2.25. The van der Waals surface area contributed by atoms with Crippen molar-refractivity contribution in [1.29, 1.82) is 0 Å². The van der Waals surface area contributed by atoms with Crippen LogP contribution in [0.25, 0.3) is 0 Å². The van der Waals surface area contributed by atoms with Crippen LogP contribution in [0.5, 0.6) is 0 Å². The molecule has 0 aromatic heterocycles. The van der Waals surface area contributed by atoms with Crippen molar-refractivity contribution < 1.29 is 9.59 Å². The molecule has 3 rings (SSSR count). The summed E-state index contributed by atoms with van der Waals surface area (Å²) in [7, 11) is 0. The number of amides is 2. The summed E-state index contributed by atoms with van der Waals surface area (Å²) in [6.45, 7) is 7.70. The second-order valence-corrected chi connectivity index (χ2v) is 7.08. The van der Waals surface area contributed by atoms with E-state index >= 15 is 0 Å². The Morgan fingerprint density at radius 3 is 2.50 bits per heavy atom. The van der Waals surface area contributed by atoms with E-state index in [1.54, 1.807) is 9.80 Å². The van der Waals surface area contributed by atoms with Crippen molar-refractivity contribution in [2.24, 2.45) is 5.92 Å². The van der Waals surface area contributed by atoms with E-state index in [2.05, 4.69) is 12.1 Å². The number of nitrogens with zero attached hydrogens (tertiary/aromatic N) is 2. The quantitative estimate of drug-likeness (QED) is 0.825. The molecule has 136 valence electrons. The van der Waals surface area contributed by atoms with Gasteiger partial charge < -0.3 is 9.80 Å². The van der Waals surface area contributed by atoms with Crippen LogP contribution in [0.15, 0.2) is 48.5 Å². The number of anilines is 1. The van der Waals surface area contributed by atoms with Gasteiger partial charge in [0, 0.05) is 31.7 Å². The molecule has 4 nitrogen and oxygen atoms in total. The first-order chi connectivity index (χ1) is 12.5.